The lowest BCUT2D eigenvalue weighted by molar-refractivity contribution is 0.373. The number of nitrogens with one attached hydrogen (secondary N) is 1. The van der Waals surface area contributed by atoms with Gasteiger partial charge in [0.05, 0.1) is 30.1 Å². The molecular formula is C18H15N5O3. The van der Waals surface area contributed by atoms with Gasteiger partial charge in [0, 0.05) is 18.3 Å². The van der Waals surface area contributed by atoms with E-state index in [4.69, 9.17) is 4.74 Å². The number of nitrogens with zero attached hydrogens (tertiary/aromatic N) is 4. The molecular weight excluding hydrogens is 334 g/mol. The van der Waals surface area contributed by atoms with E-state index in [1.807, 2.05) is 6.07 Å². The first-order valence-corrected chi connectivity index (χ1v) is 7.78. The number of aromatic hydroxyl groups is 2. The van der Waals surface area contributed by atoms with E-state index in [0.717, 1.165) is 5.39 Å². The van der Waals surface area contributed by atoms with Crippen LogP contribution in [-0.2, 0) is 0 Å². The van der Waals surface area contributed by atoms with Crippen molar-refractivity contribution in [2.24, 2.45) is 0 Å². The molecule has 0 saturated heterocycles. The van der Waals surface area contributed by atoms with Crippen LogP contribution in [0, 0.1) is 0 Å². The minimum absolute atomic E-state index is 0.0160. The molecule has 2 heterocycles. The molecule has 0 aliphatic carbocycles. The number of methoxy groups -OCH3 is 1. The molecule has 130 valence electrons. The molecule has 0 aliphatic heterocycles. The molecule has 0 fully saturated rings. The molecule has 2 aromatic carbocycles. The zero-order valence-electron chi connectivity index (χ0n) is 13.8. The fourth-order valence-corrected chi connectivity index (χ4v) is 2.67. The molecule has 8 heteroatoms. The van der Waals surface area contributed by atoms with Crippen molar-refractivity contribution in [3.63, 3.8) is 0 Å². The van der Waals surface area contributed by atoms with Crippen LogP contribution in [0.4, 0.5) is 17.3 Å². The number of anilines is 3. The number of rotatable bonds is 4. The molecule has 0 aliphatic rings. The Morgan fingerprint density at radius 3 is 2.65 bits per heavy atom. The summed E-state index contributed by atoms with van der Waals surface area (Å²) in [6, 6.07) is 11.6. The van der Waals surface area contributed by atoms with Gasteiger partial charge < -0.3 is 14.9 Å². The molecule has 0 unspecified atom stereocenters. The van der Waals surface area contributed by atoms with Gasteiger partial charge in [0.1, 0.15) is 5.75 Å². The molecule has 0 saturated carbocycles. The first-order valence-electron chi connectivity index (χ1n) is 7.78. The minimum atomic E-state index is -0.0160. The maximum atomic E-state index is 10.2. The number of ether oxygens (including phenoxy) is 1. The number of phenols is 2. The van der Waals surface area contributed by atoms with E-state index < -0.39 is 0 Å². The van der Waals surface area contributed by atoms with E-state index in [-0.39, 0.29) is 11.5 Å². The lowest BCUT2D eigenvalue weighted by Gasteiger charge is -2.23. The zero-order valence-corrected chi connectivity index (χ0v) is 13.8. The summed E-state index contributed by atoms with van der Waals surface area (Å²) >= 11 is 0. The summed E-state index contributed by atoms with van der Waals surface area (Å²) in [5.41, 5.74) is 1.82. The van der Waals surface area contributed by atoms with Crippen molar-refractivity contribution in [3.8, 4) is 17.2 Å². The summed E-state index contributed by atoms with van der Waals surface area (Å²) < 4.78 is 5.10. The first-order chi connectivity index (χ1) is 12.7. The van der Waals surface area contributed by atoms with E-state index in [9.17, 15) is 10.2 Å². The summed E-state index contributed by atoms with van der Waals surface area (Å²) in [6.07, 6.45) is 3.29. The maximum absolute atomic E-state index is 10.2. The lowest BCUT2D eigenvalue weighted by Crippen LogP contribution is -2.13. The van der Waals surface area contributed by atoms with E-state index in [0.29, 0.717) is 28.7 Å². The molecule has 8 nitrogen and oxygen atoms in total. The van der Waals surface area contributed by atoms with Crippen molar-refractivity contribution in [2.45, 2.75) is 0 Å². The fourth-order valence-electron chi connectivity index (χ4n) is 2.67. The van der Waals surface area contributed by atoms with Gasteiger partial charge in [0.25, 0.3) is 0 Å². The second-order valence-corrected chi connectivity index (χ2v) is 5.56. The Balaban J connectivity index is 1.90. The van der Waals surface area contributed by atoms with Crippen LogP contribution in [0.15, 0.2) is 54.9 Å². The van der Waals surface area contributed by atoms with Crippen molar-refractivity contribution < 1.29 is 14.9 Å². The van der Waals surface area contributed by atoms with Crippen LogP contribution in [0.2, 0.25) is 0 Å². The standard InChI is InChI=1S/C18H15N5O3/c1-26-16-6-5-13(8-15(16)25)23(12-3-2-4-14(24)7-12)18-19-9-11-10-20-22-17(11)21-18/h2-10,24-25H,1H3,(H,19,20,21,22). The van der Waals surface area contributed by atoms with E-state index >= 15 is 0 Å². The van der Waals surface area contributed by atoms with Crippen LogP contribution in [-0.4, -0.2) is 37.5 Å². The van der Waals surface area contributed by atoms with E-state index in [1.165, 1.54) is 7.11 Å². The van der Waals surface area contributed by atoms with Gasteiger partial charge in [-0.15, -0.1) is 0 Å². The van der Waals surface area contributed by atoms with Crippen molar-refractivity contribution in [1.82, 2.24) is 20.2 Å². The SMILES string of the molecule is COc1ccc(N(c2cccc(O)c2)c2ncc3cn[nH]c3n2)cc1O. The van der Waals surface area contributed by atoms with E-state index in [2.05, 4.69) is 20.2 Å². The zero-order chi connectivity index (χ0) is 18.1. The largest absolute Gasteiger partial charge is 0.508 e. The minimum Gasteiger partial charge on any atom is -0.508 e. The average Bonchev–Trinajstić information content (AvgIpc) is 3.10. The third kappa shape index (κ3) is 2.73. The van der Waals surface area contributed by atoms with Gasteiger partial charge in [-0.3, -0.25) is 10.00 Å². The highest BCUT2D eigenvalue weighted by Crippen LogP contribution is 2.38. The molecule has 26 heavy (non-hydrogen) atoms. The van der Waals surface area contributed by atoms with Crippen molar-refractivity contribution in [3.05, 3.63) is 54.9 Å². The number of hydrogen-bond donors (Lipinski definition) is 3. The number of fused-ring (bicyclic) bond motifs is 1. The van der Waals surface area contributed by atoms with Gasteiger partial charge >= 0.3 is 0 Å². The Morgan fingerprint density at radius 1 is 1.04 bits per heavy atom. The van der Waals surface area contributed by atoms with Crippen LogP contribution in [0.25, 0.3) is 11.0 Å². The second kappa shape index (κ2) is 6.25. The van der Waals surface area contributed by atoms with Crippen LogP contribution < -0.4 is 9.64 Å². The van der Waals surface area contributed by atoms with Gasteiger partial charge in [0.2, 0.25) is 5.95 Å². The number of aromatic amines is 1. The van der Waals surface area contributed by atoms with Gasteiger partial charge in [-0.05, 0) is 24.3 Å². The van der Waals surface area contributed by atoms with Gasteiger partial charge in [-0.25, -0.2) is 4.98 Å². The van der Waals surface area contributed by atoms with Crippen LogP contribution in [0.3, 0.4) is 0 Å². The van der Waals surface area contributed by atoms with Gasteiger partial charge in [-0.1, -0.05) is 6.07 Å². The number of H-pyrrole nitrogens is 1. The van der Waals surface area contributed by atoms with Crippen molar-refractivity contribution in [1.29, 1.82) is 0 Å². The smallest absolute Gasteiger partial charge is 0.236 e. The van der Waals surface area contributed by atoms with Crippen molar-refractivity contribution >= 4 is 28.4 Å². The highest BCUT2D eigenvalue weighted by Gasteiger charge is 2.18. The predicted molar refractivity (Wildman–Crippen MR) is 96.2 cm³/mol. The molecule has 0 bridgehead atoms. The summed E-state index contributed by atoms with van der Waals surface area (Å²) in [5, 5.41) is 27.6. The summed E-state index contributed by atoms with van der Waals surface area (Å²) in [7, 11) is 1.48. The lowest BCUT2D eigenvalue weighted by atomic mass is 10.2. The number of aromatic nitrogens is 4. The molecule has 4 aromatic rings. The Kier molecular flexibility index (Phi) is 3.77. The maximum Gasteiger partial charge on any atom is 0.236 e. The Labute approximate surface area is 148 Å². The molecule has 2 aromatic heterocycles. The molecule has 3 N–H and O–H groups in total. The topological polar surface area (TPSA) is 107 Å². The second-order valence-electron chi connectivity index (χ2n) is 5.56. The Hall–Kier alpha value is -3.81. The van der Waals surface area contributed by atoms with Gasteiger partial charge in [-0.2, -0.15) is 10.1 Å². The quantitative estimate of drug-likeness (QED) is 0.519. The highest BCUT2D eigenvalue weighted by molar-refractivity contribution is 5.79. The summed E-state index contributed by atoms with van der Waals surface area (Å²) in [4.78, 5) is 10.6. The summed E-state index contributed by atoms with van der Waals surface area (Å²) in [5.74, 6) is 0.803. The third-order valence-electron chi connectivity index (χ3n) is 3.89. The van der Waals surface area contributed by atoms with Crippen LogP contribution in [0.1, 0.15) is 0 Å². The summed E-state index contributed by atoms with van der Waals surface area (Å²) in [6.45, 7) is 0. The molecule has 4 rings (SSSR count). The average molecular weight is 349 g/mol. The Morgan fingerprint density at radius 2 is 1.88 bits per heavy atom. The molecule has 0 atom stereocenters. The van der Waals surface area contributed by atoms with Crippen LogP contribution >= 0.6 is 0 Å². The predicted octanol–water partition coefficient (Wildman–Crippen LogP) is 3.24. The highest BCUT2D eigenvalue weighted by atomic mass is 16.5. The molecule has 0 radical (unpaired) electrons. The third-order valence-corrected chi connectivity index (χ3v) is 3.89. The van der Waals surface area contributed by atoms with Crippen LogP contribution in [0.5, 0.6) is 17.2 Å². The number of hydrogen-bond acceptors (Lipinski definition) is 7. The molecule has 0 amide bonds. The monoisotopic (exact) mass is 349 g/mol. The van der Waals surface area contributed by atoms with Gasteiger partial charge in [0.15, 0.2) is 17.1 Å². The number of benzene rings is 2. The normalized spacial score (nSPS) is 10.8. The van der Waals surface area contributed by atoms with Crippen molar-refractivity contribution in [2.75, 3.05) is 12.0 Å². The number of phenolic OH excluding ortho intramolecular Hbond substituents is 2. The first kappa shape index (κ1) is 15.7. The Bertz CT molecular complexity index is 1080. The fraction of sp³-hybridized carbons (Fsp3) is 0.0556. The molecule has 0 spiro atoms. The van der Waals surface area contributed by atoms with E-state index in [1.54, 1.807) is 53.7 Å².